The Labute approximate surface area is 254 Å². The summed E-state index contributed by atoms with van der Waals surface area (Å²) in [5, 5.41) is 6.95. The van der Waals surface area contributed by atoms with Crippen LogP contribution in [0.4, 0.5) is 19.0 Å². The molecule has 0 saturated carbocycles. The SMILES string of the molecule is COc1nc(NCC2CCC[C@@H](c3ccc(OC(F)(F)F)cc3)O2)cc(C(=O)N2CCC(N[C@H]3CCOC[C@H]3OC)CC2)n1. The van der Waals surface area contributed by atoms with E-state index in [1.54, 1.807) is 30.2 Å². The van der Waals surface area contributed by atoms with Crippen LogP contribution in [0, 0.1) is 0 Å². The number of hydrogen-bond acceptors (Lipinski definition) is 10. The first-order chi connectivity index (χ1) is 21.2. The van der Waals surface area contributed by atoms with Gasteiger partial charge < -0.3 is 39.2 Å². The molecule has 0 radical (unpaired) electrons. The number of methoxy groups -OCH3 is 2. The molecule has 0 spiro atoms. The molecule has 1 aromatic heterocycles. The zero-order chi connectivity index (χ0) is 31.1. The number of likely N-dealkylation sites (tertiary alicyclic amines) is 1. The second kappa shape index (κ2) is 14.7. The van der Waals surface area contributed by atoms with Crippen molar-refractivity contribution >= 4 is 11.7 Å². The summed E-state index contributed by atoms with van der Waals surface area (Å²) in [5.41, 5.74) is 1.03. The van der Waals surface area contributed by atoms with Crippen LogP contribution in [0.1, 0.15) is 60.7 Å². The molecule has 4 heterocycles. The fourth-order valence-electron chi connectivity index (χ4n) is 5.96. The van der Waals surface area contributed by atoms with Crippen molar-refractivity contribution < 1.29 is 41.7 Å². The van der Waals surface area contributed by atoms with Crippen molar-refractivity contribution in [1.82, 2.24) is 20.2 Å². The maximum absolute atomic E-state index is 13.4. The summed E-state index contributed by atoms with van der Waals surface area (Å²) in [4.78, 5) is 23.9. The summed E-state index contributed by atoms with van der Waals surface area (Å²) in [7, 11) is 3.16. The molecule has 2 N–H and O–H groups in total. The number of anilines is 1. The minimum absolute atomic E-state index is 0.0287. The van der Waals surface area contributed by atoms with E-state index in [0.29, 0.717) is 44.7 Å². The number of nitrogens with one attached hydrogen (secondary N) is 2. The Morgan fingerprint density at radius 1 is 1.07 bits per heavy atom. The number of alkyl halides is 3. The van der Waals surface area contributed by atoms with Gasteiger partial charge in [0.05, 0.1) is 32.0 Å². The number of carbonyl (C=O) groups excluding carboxylic acids is 1. The second-order valence-electron chi connectivity index (χ2n) is 11.3. The van der Waals surface area contributed by atoms with Crippen molar-refractivity contribution in [3.63, 3.8) is 0 Å². The minimum atomic E-state index is -4.73. The average molecular weight is 624 g/mol. The molecule has 1 aromatic carbocycles. The van der Waals surface area contributed by atoms with Gasteiger partial charge >= 0.3 is 12.4 Å². The predicted octanol–water partition coefficient (Wildman–Crippen LogP) is 4.10. The second-order valence-corrected chi connectivity index (χ2v) is 11.3. The van der Waals surface area contributed by atoms with Gasteiger partial charge in [-0.05, 0) is 56.2 Å². The van der Waals surface area contributed by atoms with Gasteiger partial charge in [0.1, 0.15) is 17.3 Å². The van der Waals surface area contributed by atoms with Crippen molar-refractivity contribution in [2.24, 2.45) is 0 Å². The van der Waals surface area contributed by atoms with Crippen molar-refractivity contribution in [2.45, 2.75) is 75.3 Å². The predicted molar refractivity (Wildman–Crippen MR) is 154 cm³/mol. The maximum Gasteiger partial charge on any atom is 0.573 e. The highest BCUT2D eigenvalue weighted by molar-refractivity contribution is 5.93. The molecule has 14 heteroatoms. The van der Waals surface area contributed by atoms with E-state index < -0.39 is 6.36 Å². The number of piperidine rings is 1. The number of benzene rings is 1. The monoisotopic (exact) mass is 623 g/mol. The summed E-state index contributed by atoms with van der Waals surface area (Å²) in [6.45, 7) is 2.93. The van der Waals surface area contributed by atoms with Gasteiger partial charge in [-0.3, -0.25) is 4.79 Å². The Hall–Kier alpha value is -3.20. The molecule has 0 bridgehead atoms. The van der Waals surface area contributed by atoms with Crippen LogP contribution in [-0.2, 0) is 14.2 Å². The fourth-order valence-corrected chi connectivity index (χ4v) is 5.96. The summed E-state index contributed by atoms with van der Waals surface area (Å²) in [5.74, 6) is -0.00390. The third kappa shape index (κ3) is 8.71. The zero-order valence-electron chi connectivity index (χ0n) is 25.0. The molecule has 3 aliphatic heterocycles. The Kier molecular flexibility index (Phi) is 10.8. The lowest BCUT2D eigenvalue weighted by molar-refractivity contribution is -0.274. The van der Waals surface area contributed by atoms with Gasteiger partial charge in [-0.2, -0.15) is 9.97 Å². The Morgan fingerprint density at radius 3 is 2.55 bits per heavy atom. The fraction of sp³-hybridized carbons (Fsp3) is 0.633. The standard InChI is InChI=1S/C30H40F3N5O6/c1-40-26-18-42-15-12-23(26)35-20-10-13-38(14-11-20)28(39)24-16-27(37-29(36-24)41-2)34-17-22-4-3-5-25(43-22)19-6-8-21(9-7-19)44-30(31,32)33/h6-9,16,20,22-23,25-26,35H,3-5,10-15,17-18H2,1-2H3,(H,34,36,37)/t22?,23-,25-,26+/m0/s1. The number of amides is 1. The molecule has 5 rings (SSSR count). The third-order valence-corrected chi connectivity index (χ3v) is 8.29. The number of halogens is 3. The first-order valence-electron chi connectivity index (χ1n) is 15.0. The molecular formula is C30H40F3N5O6. The van der Waals surface area contributed by atoms with E-state index in [1.807, 2.05) is 0 Å². The number of nitrogens with zero attached hydrogens (tertiary/aromatic N) is 3. The summed E-state index contributed by atoms with van der Waals surface area (Å²) >= 11 is 0. The van der Waals surface area contributed by atoms with Gasteiger partial charge in [-0.25, -0.2) is 0 Å². The van der Waals surface area contributed by atoms with Crippen LogP contribution in [0.2, 0.25) is 0 Å². The molecule has 11 nitrogen and oxygen atoms in total. The molecule has 3 fully saturated rings. The van der Waals surface area contributed by atoms with E-state index in [4.69, 9.17) is 18.9 Å². The Morgan fingerprint density at radius 2 is 1.84 bits per heavy atom. The third-order valence-electron chi connectivity index (χ3n) is 8.29. The number of ether oxygens (including phenoxy) is 5. The average Bonchev–Trinajstić information content (AvgIpc) is 3.03. The first kappa shape index (κ1) is 32.2. The van der Waals surface area contributed by atoms with Crippen LogP contribution in [0.15, 0.2) is 30.3 Å². The van der Waals surface area contributed by atoms with Gasteiger partial charge in [0.25, 0.3) is 5.91 Å². The summed E-state index contributed by atoms with van der Waals surface area (Å²) in [6, 6.07) is 8.02. The molecule has 44 heavy (non-hydrogen) atoms. The molecule has 1 amide bonds. The van der Waals surface area contributed by atoms with E-state index in [1.165, 1.54) is 19.2 Å². The van der Waals surface area contributed by atoms with Crippen LogP contribution < -0.4 is 20.1 Å². The Bertz CT molecular complexity index is 1230. The van der Waals surface area contributed by atoms with Crippen molar-refractivity contribution in [2.75, 3.05) is 52.4 Å². The van der Waals surface area contributed by atoms with Crippen molar-refractivity contribution in [1.29, 1.82) is 0 Å². The smallest absolute Gasteiger partial charge is 0.467 e. The van der Waals surface area contributed by atoms with Gasteiger partial charge in [0, 0.05) is 51.5 Å². The number of rotatable bonds is 10. The number of hydrogen-bond donors (Lipinski definition) is 2. The summed E-state index contributed by atoms with van der Waals surface area (Å²) in [6.07, 6.45) is -0.136. The first-order valence-corrected chi connectivity index (χ1v) is 15.0. The van der Waals surface area contributed by atoms with Crippen LogP contribution >= 0.6 is 0 Å². The van der Waals surface area contributed by atoms with E-state index in [9.17, 15) is 18.0 Å². The largest absolute Gasteiger partial charge is 0.573 e. The van der Waals surface area contributed by atoms with Crippen LogP contribution in [0.5, 0.6) is 11.8 Å². The van der Waals surface area contributed by atoms with Gasteiger partial charge in [0.2, 0.25) is 0 Å². The molecule has 1 unspecified atom stereocenters. The van der Waals surface area contributed by atoms with E-state index in [-0.39, 0.29) is 47.7 Å². The molecule has 2 aromatic rings. The van der Waals surface area contributed by atoms with E-state index >= 15 is 0 Å². The quantitative estimate of drug-likeness (QED) is 0.401. The van der Waals surface area contributed by atoms with Crippen molar-refractivity contribution in [3.05, 3.63) is 41.6 Å². The topological polar surface area (TPSA) is 116 Å². The van der Waals surface area contributed by atoms with Gasteiger partial charge in [0.15, 0.2) is 0 Å². The van der Waals surface area contributed by atoms with Crippen LogP contribution in [0.25, 0.3) is 0 Å². The summed E-state index contributed by atoms with van der Waals surface area (Å²) < 4.78 is 64.1. The highest BCUT2D eigenvalue weighted by Gasteiger charge is 2.32. The number of aromatic nitrogens is 2. The molecule has 4 atom stereocenters. The highest BCUT2D eigenvalue weighted by Crippen LogP contribution is 2.33. The molecule has 242 valence electrons. The molecule has 3 aliphatic rings. The van der Waals surface area contributed by atoms with E-state index in [0.717, 1.165) is 44.1 Å². The van der Waals surface area contributed by atoms with Crippen molar-refractivity contribution in [3.8, 4) is 11.8 Å². The van der Waals surface area contributed by atoms with Crippen LogP contribution in [0.3, 0.4) is 0 Å². The van der Waals surface area contributed by atoms with Gasteiger partial charge in [-0.1, -0.05) is 12.1 Å². The maximum atomic E-state index is 13.4. The minimum Gasteiger partial charge on any atom is -0.467 e. The normalized spacial score (nSPS) is 25.0. The van der Waals surface area contributed by atoms with E-state index in [2.05, 4.69) is 25.3 Å². The molecule has 0 aliphatic carbocycles. The molecular weight excluding hydrogens is 583 g/mol. The lowest BCUT2D eigenvalue weighted by atomic mass is 9.98. The number of carbonyl (C=O) groups is 1. The molecule has 3 saturated heterocycles. The zero-order valence-corrected chi connectivity index (χ0v) is 25.0. The van der Waals surface area contributed by atoms with Gasteiger partial charge in [-0.15, -0.1) is 13.2 Å². The lowest BCUT2D eigenvalue weighted by Gasteiger charge is -2.38. The lowest BCUT2D eigenvalue weighted by Crippen LogP contribution is -2.54. The van der Waals surface area contributed by atoms with Crippen LogP contribution in [-0.4, -0.2) is 98.5 Å². The Balaban J connectivity index is 1.14. The highest BCUT2D eigenvalue weighted by atomic mass is 19.4.